The summed E-state index contributed by atoms with van der Waals surface area (Å²) in [5.41, 5.74) is 2.64. The number of aryl methyl sites for hydroxylation is 1. The summed E-state index contributed by atoms with van der Waals surface area (Å²) in [4.78, 5) is 12.0. The van der Waals surface area contributed by atoms with E-state index in [9.17, 15) is 4.79 Å². The highest BCUT2D eigenvalue weighted by atomic mass is 35.5. The van der Waals surface area contributed by atoms with Crippen LogP contribution >= 0.6 is 23.4 Å². The lowest BCUT2D eigenvalue weighted by molar-refractivity contribution is -0.113. The molecule has 122 valence electrons. The van der Waals surface area contributed by atoms with Gasteiger partial charge in [0.15, 0.2) is 0 Å². The maximum atomic E-state index is 12.0. The second-order valence-electron chi connectivity index (χ2n) is 5.09. The number of carbonyl (C=O) groups is 1. The number of anilines is 1. The molecule has 0 saturated heterocycles. The molecule has 3 rings (SSSR count). The molecule has 0 fully saturated rings. The predicted molar refractivity (Wildman–Crippen MR) is 95.3 cm³/mol. The lowest BCUT2D eigenvalue weighted by Gasteiger charge is -2.04. The zero-order valence-corrected chi connectivity index (χ0v) is 14.4. The van der Waals surface area contributed by atoms with Crippen molar-refractivity contribution in [2.45, 2.75) is 12.1 Å². The van der Waals surface area contributed by atoms with Crippen LogP contribution in [-0.4, -0.2) is 21.9 Å². The average Bonchev–Trinajstić information content (AvgIpc) is 3.03. The number of thioether (sulfide) groups is 1. The summed E-state index contributed by atoms with van der Waals surface area (Å²) in [5.74, 6) is 0.459. The highest BCUT2D eigenvalue weighted by Crippen LogP contribution is 2.24. The van der Waals surface area contributed by atoms with Crippen molar-refractivity contribution in [1.29, 1.82) is 0 Å². The molecule has 1 amide bonds. The third kappa shape index (κ3) is 4.37. The monoisotopic (exact) mass is 359 g/mol. The van der Waals surface area contributed by atoms with Crippen molar-refractivity contribution >= 4 is 35.0 Å². The summed E-state index contributed by atoms with van der Waals surface area (Å²) < 4.78 is 5.55. The molecule has 0 aliphatic rings. The number of aromatic nitrogens is 2. The number of amides is 1. The van der Waals surface area contributed by atoms with E-state index >= 15 is 0 Å². The number of halogens is 1. The van der Waals surface area contributed by atoms with Crippen LogP contribution < -0.4 is 5.32 Å². The Bertz CT molecular complexity index is 849. The average molecular weight is 360 g/mol. The fourth-order valence-corrected chi connectivity index (χ4v) is 2.71. The van der Waals surface area contributed by atoms with Crippen LogP contribution in [0.1, 0.15) is 5.56 Å². The van der Waals surface area contributed by atoms with Crippen molar-refractivity contribution in [2.75, 3.05) is 11.1 Å². The van der Waals surface area contributed by atoms with Gasteiger partial charge in [0.2, 0.25) is 11.8 Å². The second-order valence-corrected chi connectivity index (χ2v) is 6.45. The molecule has 2 aromatic carbocycles. The molecular weight excluding hydrogens is 346 g/mol. The Labute approximate surface area is 148 Å². The third-order valence-corrected chi connectivity index (χ3v) is 4.20. The Balaban J connectivity index is 1.57. The molecule has 24 heavy (non-hydrogen) atoms. The Morgan fingerprint density at radius 1 is 1.21 bits per heavy atom. The number of benzene rings is 2. The Kier molecular flexibility index (Phi) is 5.17. The number of carbonyl (C=O) groups excluding carboxylic acids is 1. The molecule has 0 saturated carbocycles. The molecule has 0 spiro atoms. The van der Waals surface area contributed by atoms with Gasteiger partial charge in [-0.15, -0.1) is 10.2 Å². The Morgan fingerprint density at radius 3 is 2.75 bits per heavy atom. The number of nitrogens with zero attached hydrogens (tertiary/aromatic N) is 2. The van der Waals surface area contributed by atoms with Gasteiger partial charge in [-0.05, 0) is 48.9 Å². The highest BCUT2D eigenvalue weighted by Gasteiger charge is 2.11. The van der Waals surface area contributed by atoms with Gasteiger partial charge in [-0.25, -0.2) is 0 Å². The van der Waals surface area contributed by atoms with Crippen LogP contribution in [0.25, 0.3) is 11.5 Å². The molecule has 0 aliphatic heterocycles. The zero-order chi connectivity index (χ0) is 16.9. The molecule has 0 aliphatic carbocycles. The minimum absolute atomic E-state index is 0.128. The van der Waals surface area contributed by atoms with E-state index in [4.69, 9.17) is 16.0 Å². The quantitative estimate of drug-likeness (QED) is 0.682. The van der Waals surface area contributed by atoms with Gasteiger partial charge in [-0.2, -0.15) is 0 Å². The standard InChI is InChI=1S/C17H14ClN3O2S/c1-11-3-2-4-14(9-11)19-15(22)10-24-17-21-20-16(23-17)12-5-7-13(18)8-6-12/h2-9H,10H2,1H3,(H,19,22). The number of rotatable bonds is 5. The van der Waals surface area contributed by atoms with E-state index < -0.39 is 0 Å². The topological polar surface area (TPSA) is 68.0 Å². The van der Waals surface area contributed by atoms with Gasteiger partial charge < -0.3 is 9.73 Å². The number of nitrogens with one attached hydrogen (secondary N) is 1. The summed E-state index contributed by atoms with van der Waals surface area (Å²) in [6.07, 6.45) is 0. The molecule has 7 heteroatoms. The van der Waals surface area contributed by atoms with E-state index in [-0.39, 0.29) is 11.7 Å². The van der Waals surface area contributed by atoms with Crippen LogP contribution in [0.15, 0.2) is 58.2 Å². The van der Waals surface area contributed by atoms with E-state index in [0.29, 0.717) is 16.1 Å². The predicted octanol–water partition coefficient (Wildman–Crippen LogP) is 4.43. The van der Waals surface area contributed by atoms with Crippen LogP contribution in [0.2, 0.25) is 5.02 Å². The van der Waals surface area contributed by atoms with Crippen LogP contribution in [0.4, 0.5) is 5.69 Å². The largest absolute Gasteiger partial charge is 0.411 e. The van der Waals surface area contributed by atoms with Crippen molar-refractivity contribution in [3.05, 3.63) is 59.1 Å². The second kappa shape index (κ2) is 7.51. The first kappa shape index (κ1) is 16.5. The summed E-state index contributed by atoms with van der Waals surface area (Å²) in [5, 5.41) is 11.7. The van der Waals surface area contributed by atoms with Crippen molar-refractivity contribution in [3.8, 4) is 11.5 Å². The normalized spacial score (nSPS) is 10.6. The first-order valence-corrected chi connectivity index (χ1v) is 8.55. The van der Waals surface area contributed by atoms with E-state index in [1.807, 2.05) is 31.2 Å². The number of hydrogen-bond acceptors (Lipinski definition) is 5. The Morgan fingerprint density at radius 2 is 2.00 bits per heavy atom. The fraction of sp³-hybridized carbons (Fsp3) is 0.118. The maximum Gasteiger partial charge on any atom is 0.277 e. The molecule has 0 unspecified atom stereocenters. The van der Waals surface area contributed by atoms with Gasteiger partial charge in [0.25, 0.3) is 5.22 Å². The van der Waals surface area contributed by atoms with Crippen molar-refractivity contribution in [1.82, 2.24) is 10.2 Å². The summed E-state index contributed by atoms with van der Waals surface area (Å²) in [7, 11) is 0. The summed E-state index contributed by atoms with van der Waals surface area (Å²) >= 11 is 7.04. The summed E-state index contributed by atoms with van der Waals surface area (Å²) in [6.45, 7) is 1.97. The first-order valence-electron chi connectivity index (χ1n) is 7.19. The maximum absolute atomic E-state index is 12.0. The van der Waals surface area contributed by atoms with Crippen LogP contribution in [0.5, 0.6) is 0 Å². The lowest BCUT2D eigenvalue weighted by atomic mass is 10.2. The van der Waals surface area contributed by atoms with E-state index in [1.54, 1.807) is 24.3 Å². The van der Waals surface area contributed by atoms with Gasteiger partial charge in [0.1, 0.15) is 0 Å². The van der Waals surface area contributed by atoms with Crippen LogP contribution in [0.3, 0.4) is 0 Å². The highest BCUT2D eigenvalue weighted by molar-refractivity contribution is 7.99. The van der Waals surface area contributed by atoms with Gasteiger partial charge in [0.05, 0.1) is 5.75 Å². The SMILES string of the molecule is Cc1cccc(NC(=O)CSc2nnc(-c3ccc(Cl)cc3)o2)c1. The van der Waals surface area contributed by atoms with Gasteiger partial charge >= 0.3 is 0 Å². The molecule has 0 bridgehead atoms. The van der Waals surface area contributed by atoms with Crippen LogP contribution in [-0.2, 0) is 4.79 Å². The molecular formula is C17H14ClN3O2S. The van der Waals surface area contributed by atoms with E-state index in [0.717, 1.165) is 16.8 Å². The first-order chi connectivity index (χ1) is 11.6. The minimum atomic E-state index is -0.128. The van der Waals surface area contributed by atoms with Gasteiger partial charge in [-0.3, -0.25) is 4.79 Å². The molecule has 0 radical (unpaired) electrons. The minimum Gasteiger partial charge on any atom is -0.411 e. The number of hydrogen-bond donors (Lipinski definition) is 1. The molecule has 0 atom stereocenters. The summed E-state index contributed by atoms with van der Waals surface area (Å²) in [6, 6.07) is 14.7. The smallest absolute Gasteiger partial charge is 0.277 e. The van der Waals surface area contributed by atoms with E-state index in [1.165, 1.54) is 11.8 Å². The van der Waals surface area contributed by atoms with Gasteiger partial charge in [-0.1, -0.05) is 35.5 Å². The van der Waals surface area contributed by atoms with Crippen molar-refractivity contribution in [2.24, 2.45) is 0 Å². The third-order valence-electron chi connectivity index (χ3n) is 3.13. The molecule has 3 aromatic rings. The molecule has 5 nitrogen and oxygen atoms in total. The van der Waals surface area contributed by atoms with Crippen molar-refractivity contribution in [3.63, 3.8) is 0 Å². The van der Waals surface area contributed by atoms with Crippen LogP contribution in [0, 0.1) is 6.92 Å². The Hall–Kier alpha value is -2.31. The molecule has 1 aromatic heterocycles. The lowest BCUT2D eigenvalue weighted by Crippen LogP contribution is -2.13. The zero-order valence-electron chi connectivity index (χ0n) is 12.8. The van der Waals surface area contributed by atoms with E-state index in [2.05, 4.69) is 15.5 Å². The van der Waals surface area contributed by atoms with Crippen molar-refractivity contribution < 1.29 is 9.21 Å². The molecule has 1 N–H and O–H groups in total. The fourth-order valence-electron chi connectivity index (χ4n) is 2.02. The van der Waals surface area contributed by atoms with Gasteiger partial charge in [0, 0.05) is 16.3 Å². The molecule has 1 heterocycles.